The number of nitriles is 1. The van der Waals surface area contributed by atoms with Gasteiger partial charge < -0.3 is 5.32 Å². The van der Waals surface area contributed by atoms with Crippen LogP contribution < -0.4 is 5.32 Å². The number of carbonyl (C=O) groups excluding carboxylic acids is 1. The fourth-order valence-corrected chi connectivity index (χ4v) is 3.51. The van der Waals surface area contributed by atoms with Gasteiger partial charge in [-0.25, -0.2) is 9.07 Å². The van der Waals surface area contributed by atoms with Crippen LogP contribution in [0.25, 0.3) is 5.69 Å². The molecule has 0 atom stereocenters. The molecule has 0 unspecified atom stereocenters. The number of alkyl halides is 4. The summed E-state index contributed by atoms with van der Waals surface area (Å²) in [5, 5.41) is 14.9. The molecule has 4 rings (SSSR count). The van der Waals surface area contributed by atoms with E-state index in [2.05, 4.69) is 26.3 Å². The molecular weight excluding hydrogens is 480 g/mol. The van der Waals surface area contributed by atoms with Crippen molar-refractivity contribution in [1.29, 1.82) is 5.26 Å². The third-order valence-corrected chi connectivity index (χ3v) is 6.12. The lowest BCUT2D eigenvalue weighted by atomic mass is 10.1. The molecule has 1 saturated carbocycles. The molecule has 31 heavy (non-hydrogen) atoms. The van der Waals surface area contributed by atoms with Gasteiger partial charge in [0.05, 0.1) is 27.3 Å². The van der Waals surface area contributed by atoms with Gasteiger partial charge in [0.1, 0.15) is 11.5 Å². The van der Waals surface area contributed by atoms with Crippen molar-refractivity contribution < 1.29 is 22.4 Å². The molecule has 5 nitrogen and oxygen atoms in total. The zero-order valence-corrected chi connectivity index (χ0v) is 17.3. The number of hydrogen-bond donors (Lipinski definition) is 1. The summed E-state index contributed by atoms with van der Waals surface area (Å²) in [6.45, 7) is 0. The first-order valence-electron chi connectivity index (χ1n) is 9.09. The van der Waals surface area contributed by atoms with Gasteiger partial charge in [-0.15, -0.1) is 0 Å². The fraction of sp³-hybridized carbons (Fsp3) is 0.190. The lowest BCUT2D eigenvalue weighted by Crippen LogP contribution is -2.18. The number of hydrogen-bond acceptors (Lipinski definition) is 3. The predicted molar refractivity (Wildman–Crippen MR) is 107 cm³/mol. The van der Waals surface area contributed by atoms with Crippen LogP contribution in [0, 0.1) is 17.1 Å². The molecule has 2 aromatic carbocycles. The number of nitrogens with one attached hydrogen (secondary N) is 1. The van der Waals surface area contributed by atoms with Crippen LogP contribution in [0.5, 0.6) is 0 Å². The Morgan fingerprint density at radius 2 is 1.94 bits per heavy atom. The van der Waals surface area contributed by atoms with E-state index in [9.17, 15) is 22.4 Å². The van der Waals surface area contributed by atoms with E-state index in [1.54, 1.807) is 6.07 Å². The minimum absolute atomic E-state index is 0.0892. The minimum Gasteiger partial charge on any atom is -0.318 e. The number of halogens is 5. The largest absolute Gasteiger partial charge is 0.435 e. The van der Waals surface area contributed by atoms with E-state index < -0.39 is 29.3 Å². The van der Waals surface area contributed by atoms with Crippen molar-refractivity contribution in [3.05, 3.63) is 76.9 Å². The van der Waals surface area contributed by atoms with Crippen molar-refractivity contribution in [2.75, 3.05) is 5.32 Å². The summed E-state index contributed by atoms with van der Waals surface area (Å²) in [6, 6.07) is 12.3. The third kappa shape index (κ3) is 4.18. The Bertz CT molecular complexity index is 1220. The summed E-state index contributed by atoms with van der Waals surface area (Å²) in [4.78, 5) is 12.8. The van der Waals surface area contributed by atoms with Crippen LogP contribution in [-0.4, -0.2) is 15.7 Å². The van der Waals surface area contributed by atoms with Gasteiger partial charge in [0.15, 0.2) is 5.69 Å². The van der Waals surface area contributed by atoms with Gasteiger partial charge in [-0.1, -0.05) is 28.1 Å². The first kappa shape index (κ1) is 21.1. The SMILES string of the molecule is N#Cc1cccc(-n2nc(C(F)(F)F)cc2C(=O)Nc2cc(C3(Br)CC3)ccc2F)c1. The van der Waals surface area contributed by atoms with Crippen LogP contribution in [0.4, 0.5) is 23.2 Å². The fourth-order valence-electron chi connectivity index (χ4n) is 3.07. The van der Waals surface area contributed by atoms with E-state index >= 15 is 0 Å². The molecule has 1 aliphatic carbocycles. The summed E-state index contributed by atoms with van der Waals surface area (Å²) >= 11 is 3.55. The van der Waals surface area contributed by atoms with Crippen molar-refractivity contribution in [2.24, 2.45) is 0 Å². The van der Waals surface area contributed by atoms with Gasteiger partial charge >= 0.3 is 6.18 Å². The topological polar surface area (TPSA) is 70.7 Å². The van der Waals surface area contributed by atoms with E-state index in [1.807, 2.05) is 6.07 Å². The van der Waals surface area contributed by atoms with Crippen LogP contribution in [0.15, 0.2) is 48.5 Å². The Morgan fingerprint density at radius 1 is 1.19 bits per heavy atom. The highest BCUT2D eigenvalue weighted by atomic mass is 79.9. The molecule has 1 aromatic heterocycles. The van der Waals surface area contributed by atoms with Crippen LogP contribution in [0.1, 0.15) is 40.2 Å². The average Bonchev–Trinajstić information content (AvgIpc) is 3.31. The molecule has 3 aromatic rings. The highest BCUT2D eigenvalue weighted by molar-refractivity contribution is 9.09. The highest BCUT2D eigenvalue weighted by Crippen LogP contribution is 2.54. The van der Waals surface area contributed by atoms with Crippen LogP contribution in [-0.2, 0) is 10.5 Å². The van der Waals surface area contributed by atoms with Crippen LogP contribution >= 0.6 is 15.9 Å². The van der Waals surface area contributed by atoms with Gasteiger partial charge in [0.25, 0.3) is 5.91 Å². The number of amides is 1. The summed E-state index contributed by atoms with van der Waals surface area (Å²) in [5.41, 5.74) is -0.862. The molecule has 1 fully saturated rings. The van der Waals surface area contributed by atoms with Crippen molar-refractivity contribution >= 4 is 27.5 Å². The van der Waals surface area contributed by atoms with E-state index in [0.717, 1.165) is 23.1 Å². The normalized spacial score (nSPS) is 14.7. The predicted octanol–water partition coefficient (Wildman–Crippen LogP) is 5.54. The first-order valence-corrected chi connectivity index (χ1v) is 9.88. The van der Waals surface area contributed by atoms with Gasteiger partial charge in [0, 0.05) is 6.07 Å². The van der Waals surface area contributed by atoms with Crippen molar-refractivity contribution in [3.63, 3.8) is 0 Å². The second kappa shape index (κ2) is 7.50. The Hall–Kier alpha value is -3.19. The molecule has 0 bridgehead atoms. The van der Waals surface area contributed by atoms with E-state index in [0.29, 0.717) is 6.07 Å². The second-order valence-corrected chi connectivity index (χ2v) is 8.62. The maximum Gasteiger partial charge on any atom is 0.435 e. The molecule has 0 aliphatic heterocycles. The van der Waals surface area contributed by atoms with Crippen molar-refractivity contribution in [1.82, 2.24) is 9.78 Å². The van der Waals surface area contributed by atoms with Crippen molar-refractivity contribution in [3.8, 4) is 11.8 Å². The summed E-state index contributed by atoms with van der Waals surface area (Å²) in [7, 11) is 0. The highest BCUT2D eigenvalue weighted by Gasteiger charge is 2.42. The first-order chi connectivity index (χ1) is 14.6. The Kier molecular flexibility index (Phi) is 5.09. The van der Waals surface area contributed by atoms with Gasteiger partial charge in [-0.2, -0.15) is 23.5 Å². The second-order valence-electron chi connectivity index (χ2n) is 7.10. The zero-order chi connectivity index (χ0) is 22.4. The minimum atomic E-state index is -4.80. The quantitative estimate of drug-likeness (QED) is 0.384. The maximum atomic E-state index is 14.3. The van der Waals surface area contributed by atoms with Gasteiger partial charge in [-0.05, 0) is 48.7 Å². The standard InChI is InChI=1S/C21H13BrF4N4O/c22-20(6-7-20)13-4-5-15(23)16(9-13)28-19(31)17-10-18(21(24,25)26)29-30(17)14-3-1-2-12(8-14)11-27/h1-5,8-10H,6-7H2,(H,28,31). The number of anilines is 1. The molecule has 1 amide bonds. The number of rotatable bonds is 4. The molecular formula is C21H13BrF4N4O. The van der Waals surface area contributed by atoms with Crippen LogP contribution in [0.3, 0.4) is 0 Å². The smallest absolute Gasteiger partial charge is 0.318 e. The number of aromatic nitrogens is 2. The maximum absolute atomic E-state index is 14.3. The van der Waals surface area contributed by atoms with Crippen LogP contribution in [0.2, 0.25) is 0 Å². The summed E-state index contributed by atoms with van der Waals surface area (Å²) < 4.78 is 54.6. The molecule has 0 spiro atoms. The Balaban J connectivity index is 1.74. The molecule has 1 N–H and O–H groups in total. The lowest BCUT2D eigenvalue weighted by Gasteiger charge is -2.12. The summed E-state index contributed by atoms with van der Waals surface area (Å²) in [5.74, 6) is -1.69. The van der Waals surface area contributed by atoms with Gasteiger partial charge in [-0.3, -0.25) is 4.79 Å². The lowest BCUT2D eigenvalue weighted by molar-refractivity contribution is -0.141. The number of nitrogens with zero attached hydrogens (tertiary/aromatic N) is 3. The molecule has 158 valence electrons. The number of carbonyl (C=O) groups is 1. The van der Waals surface area contributed by atoms with E-state index in [-0.39, 0.29) is 21.3 Å². The van der Waals surface area contributed by atoms with Gasteiger partial charge in [0.2, 0.25) is 0 Å². The zero-order valence-electron chi connectivity index (χ0n) is 15.7. The van der Waals surface area contributed by atoms with Crippen molar-refractivity contribution in [2.45, 2.75) is 23.3 Å². The van der Waals surface area contributed by atoms with E-state index in [4.69, 9.17) is 5.26 Å². The Labute approximate surface area is 182 Å². The monoisotopic (exact) mass is 492 g/mol. The molecule has 1 aliphatic rings. The van der Waals surface area contributed by atoms with E-state index in [1.165, 1.54) is 36.4 Å². The Morgan fingerprint density at radius 3 is 2.58 bits per heavy atom. The summed E-state index contributed by atoms with van der Waals surface area (Å²) in [6.07, 6.45) is -3.10. The molecule has 1 heterocycles. The number of benzene rings is 2. The average molecular weight is 493 g/mol. The molecule has 0 saturated heterocycles. The third-order valence-electron chi connectivity index (χ3n) is 4.87. The molecule has 10 heteroatoms. The molecule has 0 radical (unpaired) electrons.